The van der Waals surface area contributed by atoms with Gasteiger partial charge in [-0.15, -0.1) is 0 Å². The third-order valence-corrected chi connectivity index (χ3v) is 5.57. The van der Waals surface area contributed by atoms with Gasteiger partial charge in [-0.05, 0) is 30.5 Å². The maximum atomic E-state index is 11.6. The van der Waals surface area contributed by atoms with Crippen molar-refractivity contribution in [2.45, 2.75) is 51.5 Å². The molecule has 2 aliphatic rings. The van der Waals surface area contributed by atoms with Gasteiger partial charge in [0.15, 0.2) is 0 Å². The Kier molecular flexibility index (Phi) is 4.95. The molecule has 1 unspecified atom stereocenters. The van der Waals surface area contributed by atoms with E-state index in [1.165, 1.54) is 32.1 Å². The van der Waals surface area contributed by atoms with Crippen LogP contribution in [0.1, 0.15) is 44.6 Å². The summed E-state index contributed by atoms with van der Waals surface area (Å²) in [7, 11) is 0. The van der Waals surface area contributed by atoms with Gasteiger partial charge in [-0.25, -0.2) is 0 Å². The van der Waals surface area contributed by atoms with Crippen LogP contribution in [0.4, 0.5) is 4.79 Å². The average Bonchev–Trinajstić information content (AvgIpc) is 2.85. The van der Waals surface area contributed by atoms with Gasteiger partial charge in [-0.1, -0.05) is 38.3 Å². The zero-order valence-corrected chi connectivity index (χ0v) is 14.3. The van der Waals surface area contributed by atoms with Crippen molar-refractivity contribution in [2.24, 2.45) is 5.41 Å². The van der Waals surface area contributed by atoms with E-state index in [1.807, 2.05) is 24.3 Å². The third-order valence-electron chi connectivity index (χ3n) is 4.78. The first-order valence-electron chi connectivity index (χ1n) is 8.28. The third kappa shape index (κ3) is 4.28. The molecule has 1 aromatic carbocycles. The number of nitrogens with one attached hydrogen (secondary N) is 1. The van der Waals surface area contributed by atoms with Crippen molar-refractivity contribution in [2.75, 3.05) is 6.61 Å². The molecule has 1 amide bonds. The predicted octanol–water partition coefficient (Wildman–Crippen LogP) is 3.93. The summed E-state index contributed by atoms with van der Waals surface area (Å²) in [5, 5.41) is 2.34. The number of rotatable bonds is 5. The van der Waals surface area contributed by atoms with Gasteiger partial charge in [-0.3, -0.25) is 9.59 Å². The fraction of sp³-hybridized carbons (Fsp3) is 0.556. The quantitative estimate of drug-likeness (QED) is 0.887. The molecule has 4 nitrogen and oxygen atoms in total. The molecule has 23 heavy (non-hydrogen) atoms. The summed E-state index contributed by atoms with van der Waals surface area (Å²) in [5.41, 5.74) is 1.33. The van der Waals surface area contributed by atoms with Crippen molar-refractivity contribution >= 4 is 22.1 Å². The van der Waals surface area contributed by atoms with Crippen LogP contribution in [0.2, 0.25) is 0 Å². The summed E-state index contributed by atoms with van der Waals surface area (Å²) < 4.78 is 5.97. The van der Waals surface area contributed by atoms with Crippen LogP contribution in [0.25, 0.3) is 0 Å². The van der Waals surface area contributed by atoms with E-state index < -0.39 is 6.04 Å². The van der Waals surface area contributed by atoms with Crippen molar-refractivity contribution in [3.05, 3.63) is 29.8 Å². The van der Waals surface area contributed by atoms with Gasteiger partial charge in [0.1, 0.15) is 11.8 Å². The topological polar surface area (TPSA) is 55.4 Å². The van der Waals surface area contributed by atoms with Gasteiger partial charge in [0.25, 0.3) is 5.24 Å². The van der Waals surface area contributed by atoms with E-state index in [4.69, 9.17) is 4.74 Å². The molecule has 0 radical (unpaired) electrons. The molecule has 1 N–H and O–H groups in total. The van der Waals surface area contributed by atoms with Crippen LogP contribution in [-0.2, 0) is 11.2 Å². The van der Waals surface area contributed by atoms with Gasteiger partial charge in [-0.2, -0.15) is 0 Å². The molecule has 1 saturated carbocycles. The van der Waals surface area contributed by atoms with E-state index in [0.29, 0.717) is 11.8 Å². The van der Waals surface area contributed by atoms with Gasteiger partial charge in [0, 0.05) is 23.6 Å². The lowest BCUT2D eigenvalue weighted by molar-refractivity contribution is -0.112. The average molecular weight is 333 g/mol. The highest BCUT2D eigenvalue weighted by molar-refractivity contribution is 8.26. The summed E-state index contributed by atoms with van der Waals surface area (Å²) in [4.78, 5) is 22.8. The molecule has 1 heterocycles. The van der Waals surface area contributed by atoms with Crippen LogP contribution in [0.5, 0.6) is 5.75 Å². The monoisotopic (exact) mass is 333 g/mol. The first kappa shape index (κ1) is 16.4. The molecule has 1 atom stereocenters. The lowest BCUT2D eigenvalue weighted by atomic mass is 9.76. The number of ether oxygens (including phenoxy) is 1. The summed E-state index contributed by atoms with van der Waals surface area (Å²) in [5.74, 6) is 0.872. The standard InChI is InChI=1S/C18H23NO3S/c1-18(9-3-2-4-10-18)12-22-14-7-5-13(6-8-14)11-15-16(20)23-17(21)19-15/h5-8,15H,2-4,9-12H2,1H3,(H,19,21). The number of amides is 1. The first-order valence-corrected chi connectivity index (χ1v) is 9.10. The molecule has 124 valence electrons. The second-order valence-electron chi connectivity index (χ2n) is 6.91. The van der Waals surface area contributed by atoms with Crippen LogP contribution < -0.4 is 10.1 Å². The Balaban J connectivity index is 1.53. The lowest BCUT2D eigenvalue weighted by Crippen LogP contribution is -2.30. The maximum Gasteiger partial charge on any atom is 0.287 e. The summed E-state index contributed by atoms with van der Waals surface area (Å²) in [6.07, 6.45) is 6.98. The Morgan fingerprint density at radius 3 is 2.48 bits per heavy atom. The SMILES string of the molecule is CC1(COc2ccc(CC3NC(=O)SC3=O)cc2)CCCCC1. The molecule has 0 spiro atoms. The van der Waals surface area contributed by atoms with Crippen LogP contribution in [0, 0.1) is 5.41 Å². The minimum atomic E-state index is -0.402. The van der Waals surface area contributed by atoms with E-state index in [9.17, 15) is 9.59 Å². The van der Waals surface area contributed by atoms with Crippen molar-refractivity contribution < 1.29 is 14.3 Å². The molecule has 1 aliphatic carbocycles. The molecule has 3 rings (SSSR count). The van der Waals surface area contributed by atoms with Crippen molar-refractivity contribution in [3.63, 3.8) is 0 Å². The Morgan fingerprint density at radius 2 is 1.87 bits per heavy atom. The van der Waals surface area contributed by atoms with E-state index in [-0.39, 0.29) is 10.4 Å². The number of hydrogen-bond donors (Lipinski definition) is 1. The number of carbonyl (C=O) groups excluding carboxylic acids is 2. The molecule has 0 bridgehead atoms. The van der Waals surface area contributed by atoms with Crippen LogP contribution in [0.15, 0.2) is 24.3 Å². The fourth-order valence-corrected chi connectivity index (χ4v) is 3.96. The molecule has 1 aliphatic heterocycles. The van der Waals surface area contributed by atoms with Crippen molar-refractivity contribution in [3.8, 4) is 5.75 Å². The van der Waals surface area contributed by atoms with Crippen LogP contribution in [0.3, 0.4) is 0 Å². The summed E-state index contributed by atoms with van der Waals surface area (Å²) in [6, 6.07) is 7.45. The van der Waals surface area contributed by atoms with Gasteiger partial charge < -0.3 is 10.1 Å². The lowest BCUT2D eigenvalue weighted by Gasteiger charge is -2.33. The van der Waals surface area contributed by atoms with Crippen molar-refractivity contribution in [1.82, 2.24) is 5.32 Å². The Hall–Kier alpha value is -1.49. The summed E-state index contributed by atoms with van der Waals surface area (Å²) >= 11 is 0.761. The normalized spacial score (nSPS) is 23.6. The Labute approximate surface area is 141 Å². The second-order valence-corrected chi connectivity index (χ2v) is 7.89. The molecule has 0 aromatic heterocycles. The largest absolute Gasteiger partial charge is 0.493 e. The highest BCUT2D eigenvalue weighted by Crippen LogP contribution is 2.36. The predicted molar refractivity (Wildman–Crippen MR) is 91.8 cm³/mol. The van der Waals surface area contributed by atoms with Crippen molar-refractivity contribution in [1.29, 1.82) is 0 Å². The van der Waals surface area contributed by atoms with Crippen LogP contribution >= 0.6 is 11.8 Å². The minimum absolute atomic E-state index is 0.0967. The number of carbonyl (C=O) groups is 2. The molecular formula is C18H23NO3S. The minimum Gasteiger partial charge on any atom is -0.493 e. The van der Waals surface area contributed by atoms with E-state index in [1.54, 1.807) is 0 Å². The number of hydrogen-bond acceptors (Lipinski definition) is 4. The zero-order valence-electron chi connectivity index (χ0n) is 13.5. The van der Waals surface area contributed by atoms with E-state index >= 15 is 0 Å². The number of benzene rings is 1. The zero-order chi connectivity index (χ0) is 16.3. The Morgan fingerprint density at radius 1 is 1.17 bits per heavy atom. The van der Waals surface area contributed by atoms with Gasteiger partial charge in [0.2, 0.25) is 5.12 Å². The summed E-state index contributed by atoms with van der Waals surface area (Å²) in [6.45, 7) is 3.08. The Bertz CT molecular complexity index is 578. The molecular weight excluding hydrogens is 310 g/mol. The smallest absolute Gasteiger partial charge is 0.287 e. The molecule has 1 aromatic rings. The molecule has 2 fully saturated rings. The highest BCUT2D eigenvalue weighted by Gasteiger charge is 2.31. The fourth-order valence-electron chi connectivity index (χ4n) is 3.29. The van der Waals surface area contributed by atoms with Gasteiger partial charge in [0.05, 0.1) is 6.61 Å². The second kappa shape index (κ2) is 6.95. The van der Waals surface area contributed by atoms with Crippen LogP contribution in [-0.4, -0.2) is 23.0 Å². The van der Waals surface area contributed by atoms with Gasteiger partial charge >= 0.3 is 0 Å². The highest BCUT2D eigenvalue weighted by atomic mass is 32.2. The number of thioether (sulfide) groups is 1. The first-order chi connectivity index (χ1) is 11.0. The molecule has 5 heteroatoms. The van der Waals surface area contributed by atoms with E-state index in [0.717, 1.165) is 29.7 Å². The maximum absolute atomic E-state index is 11.6. The van der Waals surface area contributed by atoms with E-state index in [2.05, 4.69) is 12.2 Å². The molecule has 1 saturated heterocycles.